The lowest BCUT2D eigenvalue weighted by atomic mass is 10.0. The monoisotopic (exact) mass is 230 g/mol. The number of methoxy groups -OCH3 is 1. The topological polar surface area (TPSA) is 72.3 Å². The van der Waals surface area contributed by atoms with Gasteiger partial charge in [0.2, 0.25) is 0 Å². The molecule has 6 heteroatoms. The van der Waals surface area contributed by atoms with Crippen LogP contribution in [0.3, 0.4) is 0 Å². The number of carboxylic acids is 1. The van der Waals surface area contributed by atoms with Crippen molar-refractivity contribution in [3.05, 3.63) is 16.9 Å². The number of aliphatic carboxylic acids is 1. The number of carbonyl (C=O) groups is 1. The smallest absolute Gasteiger partial charge is 0.316 e. The van der Waals surface area contributed by atoms with Gasteiger partial charge in [0.25, 0.3) is 0 Å². The van der Waals surface area contributed by atoms with Gasteiger partial charge in [0.05, 0.1) is 24.0 Å². The van der Waals surface area contributed by atoms with Crippen LogP contribution in [0, 0.1) is 0 Å². The molecule has 0 fully saturated rings. The van der Waals surface area contributed by atoms with Gasteiger partial charge in [0.1, 0.15) is 5.92 Å². The number of nitrogens with zero attached hydrogens (tertiary/aromatic N) is 2. The zero-order chi connectivity index (χ0) is 11.4. The van der Waals surface area contributed by atoms with E-state index < -0.39 is 11.9 Å². The third kappa shape index (κ3) is 2.56. The quantitative estimate of drug-likeness (QED) is 0.853. The number of hydrogen-bond acceptors (Lipinski definition) is 4. The summed E-state index contributed by atoms with van der Waals surface area (Å²) < 4.78 is 4.81. The Labute approximate surface area is 92.1 Å². The maximum Gasteiger partial charge on any atom is 0.316 e. The Morgan fingerprint density at radius 3 is 2.87 bits per heavy atom. The molecule has 0 spiro atoms. The number of carboxylic acid groups (broad SMARTS) is 1. The minimum atomic E-state index is -0.958. The lowest BCUT2D eigenvalue weighted by Crippen LogP contribution is -2.13. The van der Waals surface area contributed by atoms with Crippen molar-refractivity contribution >= 4 is 17.6 Å². The van der Waals surface area contributed by atoms with Gasteiger partial charge < -0.3 is 9.84 Å². The van der Waals surface area contributed by atoms with Crippen LogP contribution >= 0.6 is 11.6 Å². The van der Waals surface area contributed by atoms with E-state index in [1.807, 2.05) is 0 Å². The lowest BCUT2D eigenvalue weighted by molar-refractivity contribution is -0.138. The van der Waals surface area contributed by atoms with Crippen molar-refractivity contribution in [2.24, 2.45) is 0 Å². The van der Waals surface area contributed by atoms with E-state index in [1.54, 1.807) is 6.92 Å². The number of halogens is 1. The molecule has 0 saturated carbocycles. The van der Waals surface area contributed by atoms with E-state index in [-0.39, 0.29) is 11.0 Å². The summed E-state index contributed by atoms with van der Waals surface area (Å²) in [7, 11) is 1.41. The van der Waals surface area contributed by atoms with E-state index in [9.17, 15) is 4.79 Å². The average Bonchev–Trinajstić information content (AvgIpc) is 2.21. The largest absolute Gasteiger partial charge is 0.481 e. The van der Waals surface area contributed by atoms with Crippen LogP contribution < -0.4 is 4.74 Å². The molecular weight excluding hydrogens is 220 g/mol. The summed E-state index contributed by atoms with van der Waals surface area (Å²) in [5.74, 6) is -1.69. The predicted molar refractivity (Wildman–Crippen MR) is 54.3 cm³/mol. The molecule has 0 radical (unpaired) electrons. The van der Waals surface area contributed by atoms with Crippen LogP contribution in [0.5, 0.6) is 6.01 Å². The average molecular weight is 231 g/mol. The molecule has 0 aliphatic carbocycles. The second-order valence-corrected chi connectivity index (χ2v) is 3.30. The van der Waals surface area contributed by atoms with Gasteiger partial charge in [-0.1, -0.05) is 18.5 Å². The summed E-state index contributed by atoms with van der Waals surface area (Å²) in [5, 5.41) is 9.20. The molecule has 1 rings (SSSR count). The molecule has 82 valence electrons. The van der Waals surface area contributed by atoms with E-state index in [4.69, 9.17) is 21.4 Å². The summed E-state index contributed by atoms with van der Waals surface area (Å²) in [4.78, 5) is 18.6. The van der Waals surface area contributed by atoms with Crippen molar-refractivity contribution in [2.45, 2.75) is 19.3 Å². The molecule has 1 unspecified atom stereocenters. The lowest BCUT2D eigenvalue weighted by Gasteiger charge is -2.11. The number of ether oxygens (including phenoxy) is 1. The first-order chi connectivity index (χ1) is 7.10. The summed E-state index contributed by atoms with van der Waals surface area (Å²) in [6.07, 6.45) is 1.75. The van der Waals surface area contributed by atoms with Crippen LogP contribution in [0.15, 0.2) is 6.20 Å². The molecule has 1 aromatic heterocycles. The Kier molecular flexibility index (Phi) is 3.85. The van der Waals surface area contributed by atoms with Crippen molar-refractivity contribution < 1.29 is 14.6 Å². The van der Waals surface area contributed by atoms with Gasteiger partial charge in [0, 0.05) is 0 Å². The third-order valence-corrected chi connectivity index (χ3v) is 2.26. The second-order valence-electron chi connectivity index (χ2n) is 2.89. The zero-order valence-corrected chi connectivity index (χ0v) is 9.15. The van der Waals surface area contributed by atoms with Gasteiger partial charge in [0.15, 0.2) is 0 Å². The molecule has 1 atom stereocenters. The van der Waals surface area contributed by atoms with E-state index in [1.165, 1.54) is 13.3 Å². The Bertz CT molecular complexity index is 370. The van der Waals surface area contributed by atoms with Gasteiger partial charge in [-0.25, -0.2) is 4.98 Å². The van der Waals surface area contributed by atoms with E-state index >= 15 is 0 Å². The van der Waals surface area contributed by atoms with Gasteiger partial charge in [-0.15, -0.1) is 0 Å². The molecule has 1 heterocycles. The van der Waals surface area contributed by atoms with Crippen molar-refractivity contribution in [3.63, 3.8) is 0 Å². The Morgan fingerprint density at radius 2 is 2.40 bits per heavy atom. The molecule has 1 aromatic rings. The minimum absolute atomic E-state index is 0.120. The molecule has 0 aliphatic heterocycles. The first-order valence-electron chi connectivity index (χ1n) is 4.39. The molecule has 0 aliphatic rings. The summed E-state index contributed by atoms with van der Waals surface area (Å²) in [6.45, 7) is 1.75. The van der Waals surface area contributed by atoms with E-state index in [2.05, 4.69) is 9.97 Å². The minimum Gasteiger partial charge on any atom is -0.481 e. The molecule has 5 nitrogen and oxygen atoms in total. The predicted octanol–water partition coefficient (Wildman–Crippen LogP) is 1.72. The van der Waals surface area contributed by atoms with Gasteiger partial charge in [-0.2, -0.15) is 4.98 Å². The summed E-state index contributed by atoms with van der Waals surface area (Å²) in [5.41, 5.74) is 0.290. The maximum absolute atomic E-state index is 10.9. The Hall–Kier alpha value is -1.36. The van der Waals surface area contributed by atoms with Crippen LogP contribution in [0.25, 0.3) is 0 Å². The number of rotatable bonds is 4. The fraction of sp³-hybridized carbons (Fsp3) is 0.444. The third-order valence-electron chi connectivity index (χ3n) is 1.97. The molecule has 0 saturated heterocycles. The molecular formula is C9H11ClN2O3. The Balaban J connectivity index is 3.15. The maximum atomic E-state index is 10.9. The van der Waals surface area contributed by atoms with Crippen LogP contribution in [-0.4, -0.2) is 28.2 Å². The van der Waals surface area contributed by atoms with Gasteiger partial charge in [-0.3, -0.25) is 4.79 Å². The van der Waals surface area contributed by atoms with Gasteiger partial charge in [-0.05, 0) is 6.42 Å². The van der Waals surface area contributed by atoms with Crippen LogP contribution in [0.2, 0.25) is 5.02 Å². The Morgan fingerprint density at radius 1 is 1.73 bits per heavy atom. The molecule has 1 N–H and O–H groups in total. The van der Waals surface area contributed by atoms with E-state index in [0.29, 0.717) is 12.1 Å². The number of hydrogen-bond donors (Lipinski definition) is 1. The van der Waals surface area contributed by atoms with Crippen LogP contribution in [0.1, 0.15) is 25.0 Å². The molecule has 0 aromatic carbocycles. The normalized spacial score (nSPS) is 12.2. The highest BCUT2D eigenvalue weighted by atomic mass is 35.5. The van der Waals surface area contributed by atoms with Crippen molar-refractivity contribution in [3.8, 4) is 6.01 Å². The highest BCUT2D eigenvalue weighted by Crippen LogP contribution is 2.26. The van der Waals surface area contributed by atoms with Gasteiger partial charge >= 0.3 is 12.0 Å². The fourth-order valence-corrected chi connectivity index (χ4v) is 1.41. The van der Waals surface area contributed by atoms with E-state index in [0.717, 1.165) is 0 Å². The molecule has 0 amide bonds. The SMILES string of the molecule is CCC(C(=O)O)c1nc(OC)ncc1Cl. The fourth-order valence-electron chi connectivity index (χ4n) is 1.19. The molecule has 0 bridgehead atoms. The van der Waals surface area contributed by atoms with Crippen molar-refractivity contribution in [1.82, 2.24) is 9.97 Å². The second kappa shape index (κ2) is 4.93. The van der Waals surface area contributed by atoms with Crippen molar-refractivity contribution in [1.29, 1.82) is 0 Å². The molecule has 15 heavy (non-hydrogen) atoms. The van der Waals surface area contributed by atoms with Crippen molar-refractivity contribution in [2.75, 3.05) is 7.11 Å². The highest BCUT2D eigenvalue weighted by Gasteiger charge is 2.23. The zero-order valence-electron chi connectivity index (χ0n) is 8.40. The first kappa shape index (κ1) is 11.7. The van der Waals surface area contributed by atoms with Crippen LogP contribution in [-0.2, 0) is 4.79 Å². The van der Waals surface area contributed by atoms with Crippen LogP contribution in [0.4, 0.5) is 0 Å². The standard InChI is InChI=1S/C9H11ClN2O3/c1-3-5(8(13)14)7-6(10)4-11-9(12-7)15-2/h4-5H,3H2,1-2H3,(H,13,14). The summed E-state index contributed by atoms with van der Waals surface area (Å²) in [6, 6.07) is 0.120. The first-order valence-corrected chi connectivity index (χ1v) is 4.77. The highest BCUT2D eigenvalue weighted by molar-refractivity contribution is 6.31. The summed E-state index contributed by atoms with van der Waals surface area (Å²) >= 11 is 5.83. The number of aromatic nitrogens is 2.